The molecule has 0 aliphatic heterocycles. The minimum absolute atomic E-state index is 0.0366. The number of carbonyl (C=O) groups excluding carboxylic acids is 2. The number of rotatable bonds is 10. The number of thioether (sulfide) groups is 1. The van der Waals surface area contributed by atoms with Gasteiger partial charge in [0.15, 0.2) is 0 Å². The van der Waals surface area contributed by atoms with Gasteiger partial charge in [0, 0.05) is 18.9 Å². The normalized spacial score (nSPS) is 13.6. The van der Waals surface area contributed by atoms with E-state index in [0.717, 1.165) is 24.3 Å². The lowest BCUT2D eigenvalue weighted by molar-refractivity contribution is -0.123. The number of aliphatic hydroxyl groups is 1. The van der Waals surface area contributed by atoms with Gasteiger partial charge in [0.2, 0.25) is 5.91 Å². The SMILES string of the molecule is CCC(C)C(NC(N)=O)C(=O)NCCSCCCO. The molecular formula is C12H25N3O3S. The van der Waals surface area contributed by atoms with E-state index in [1.165, 1.54) is 0 Å². The maximum atomic E-state index is 11.9. The first-order chi connectivity index (χ1) is 9.02. The van der Waals surface area contributed by atoms with Crippen LogP contribution >= 0.6 is 11.8 Å². The Labute approximate surface area is 118 Å². The molecule has 0 fully saturated rings. The number of amides is 3. The van der Waals surface area contributed by atoms with Gasteiger partial charge in [0.25, 0.3) is 0 Å². The molecule has 5 N–H and O–H groups in total. The lowest BCUT2D eigenvalue weighted by Crippen LogP contribution is -2.52. The molecule has 0 aliphatic carbocycles. The van der Waals surface area contributed by atoms with E-state index >= 15 is 0 Å². The third kappa shape index (κ3) is 8.72. The number of hydrogen-bond acceptors (Lipinski definition) is 4. The van der Waals surface area contributed by atoms with Gasteiger partial charge in [-0.15, -0.1) is 0 Å². The van der Waals surface area contributed by atoms with Gasteiger partial charge in [-0.05, 0) is 18.1 Å². The second-order valence-corrected chi connectivity index (χ2v) is 5.58. The molecule has 2 unspecified atom stereocenters. The number of nitrogens with one attached hydrogen (secondary N) is 2. The third-order valence-corrected chi connectivity index (χ3v) is 3.86. The van der Waals surface area contributed by atoms with Crippen molar-refractivity contribution in [2.24, 2.45) is 11.7 Å². The van der Waals surface area contributed by atoms with Gasteiger partial charge in [-0.25, -0.2) is 4.79 Å². The van der Waals surface area contributed by atoms with Crippen molar-refractivity contribution in [1.29, 1.82) is 0 Å². The highest BCUT2D eigenvalue weighted by Gasteiger charge is 2.24. The lowest BCUT2D eigenvalue weighted by atomic mass is 9.98. The van der Waals surface area contributed by atoms with Crippen LogP contribution in [0.3, 0.4) is 0 Å². The predicted octanol–water partition coefficient (Wildman–Crippen LogP) is 0.301. The van der Waals surface area contributed by atoms with E-state index in [2.05, 4.69) is 10.6 Å². The number of hydrogen-bond donors (Lipinski definition) is 4. The second-order valence-electron chi connectivity index (χ2n) is 4.35. The first kappa shape index (κ1) is 18.0. The van der Waals surface area contributed by atoms with Crippen LogP contribution in [-0.4, -0.2) is 47.7 Å². The van der Waals surface area contributed by atoms with Crippen LogP contribution in [0.25, 0.3) is 0 Å². The van der Waals surface area contributed by atoms with E-state index in [-0.39, 0.29) is 18.4 Å². The molecule has 3 amide bonds. The number of aliphatic hydroxyl groups excluding tert-OH is 1. The van der Waals surface area contributed by atoms with Gasteiger partial charge >= 0.3 is 6.03 Å². The average molecular weight is 291 g/mol. The molecule has 0 aliphatic rings. The minimum atomic E-state index is -0.683. The molecular weight excluding hydrogens is 266 g/mol. The molecule has 19 heavy (non-hydrogen) atoms. The molecule has 6 nitrogen and oxygen atoms in total. The zero-order valence-corrected chi connectivity index (χ0v) is 12.5. The summed E-state index contributed by atoms with van der Waals surface area (Å²) in [6.45, 7) is 4.59. The monoisotopic (exact) mass is 291 g/mol. The number of primary amides is 1. The molecule has 0 heterocycles. The predicted molar refractivity (Wildman–Crippen MR) is 78.0 cm³/mol. The van der Waals surface area contributed by atoms with E-state index in [4.69, 9.17) is 10.8 Å². The Morgan fingerprint density at radius 2 is 2.05 bits per heavy atom. The zero-order valence-electron chi connectivity index (χ0n) is 11.6. The quantitative estimate of drug-likeness (QED) is 0.435. The van der Waals surface area contributed by atoms with Crippen LogP contribution in [0.5, 0.6) is 0 Å². The molecule has 0 bridgehead atoms. The van der Waals surface area contributed by atoms with Gasteiger partial charge in [0.1, 0.15) is 6.04 Å². The fourth-order valence-corrected chi connectivity index (χ4v) is 2.26. The number of urea groups is 1. The molecule has 0 rings (SSSR count). The highest BCUT2D eigenvalue weighted by Crippen LogP contribution is 2.08. The van der Waals surface area contributed by atoms with Crippen LogP contribution in [-0.2, 0) is 4.79 Å². The van der Waals surface area contributed by atoms with Crippen LogP contribution in [0.4, 0.5) is 4.79 Å². The number of carbonyl (C=O) groups is 2. The summed E-state index contributed by atoms with van der Waals surface area (Å²) in [6, 6.07) is -1.26. The van der Waals surface area contributed by atoms with Crippen LogP contribution in [0.15, 0.2) is 0 Å². The van der Waals surface area contributed by atoms with Crippen molar-refractivity contribution in [2.75, 3.05) is 24.7 Å². The van der Waals surface area contributed by atoms with Gasteiger partial charge in [-0.2, -0.15) is 11.8 Å². The molecule has 2 atom stereocenters. The fourth-order valence-electron chi connectivity index (χ4n) is 1.48. The van der Waals surface area contributed by atoms with E-state index in [0.29, 0.717) is 6.54 Å². The van der Waals surface area contributed by atoms with E-state index in [9.17, 15) is 9.59 Å². The van der Waals surface area contributed by atoms with Crippen LogP contribution < -0.4 is 16.4 Å². The van der Waals surface area contributed by atoms with Crippen molar-refractivity contribution < 1.29 is 14.7 Å². The summed E-state index contributed by atoms with van der Waals surface area (Å²) in [4.78, 5) is 22.8. The Balaban J connectivity index is 4.00. The van der Waals surface area contributed by atoms with Gasteiger partial charge < -0.3 is 21.5 Å². The number of nitrogens with two attached hydrogens (primary N) is 1. The van der Waals surface area contributed by atoms with E-state index in [1.807, 2.05) is 13.8 Å². The largest absolute Gasteiger partial charge is 0.396 e. The minimum Gasteiger partial charge on any atom is -0.396 e. The second kappa shape index (κ2) is 10.9. The topological polar surface area (TPSA) is 104 Å². The van der Waals surface area contributed by atoms with Crippen LogP contribution in [0.1, 0.15) is 26.7 Å². The Morgan fingerprint density at radius 1 is 1.37 bits per heavy atom. The standard InChI is InChI=1S/C12H25N3O3S/c1-3-9(2)10(15-12(13)18)11(17)14-5-8-19-7-4-6-16/h9-10,16H,3-8H2,1-2H3,(H,14,17)(H3,13,15,18). The Hall–Kier alpha value is -0.950. The molecule has 0 aromatic heterocycles. The summed E-state index contributed by atoms with van der Waals surface area (Å²) in [5.41, 5.74) is 5.08. The van der Waals surface area contributed by atoms with Crippen molar-refractivity contribution in [3.63, 3.8) is 0 Å². The highest BCUT2D eigenvalue weighted by atomic mass is 32.2. The smallest absolute Gasteiger partial charge is 0.312 e. The molecule has 0 radical (unpaired) electrons. The van der Waals surface area contributed by atoms with Gasteiger partial charge in [-0.1, -0.05) is 20.3 Å². The molecule has 0 aromatic carbocycles. The molecule has 7 heteroatoms. The first-order valence-corrected chi connectivity index (χ1v) is 7.70. The molecule has 0 aromatic rings. The lowest BCUT2D eigenvalue weighted by Gasteiger charge is -2.22. The van der Waals surface area contributed by atoms with Crippen molar-refractivity contribution in [3.05, 3.63) is 0 Å². The van der Waals surface area contributed by atoms with Crippen molar-refractivity contribution in [1.82, 2.24) is 10.6 Å². The average Bonchev–Trinajstić information content (AvgIpc) is 2.38. The van der Waals surface area contributed by atoms with E-state index < -0.39 is 12.1 Å². The molecule has 0 saturated carbocycles. The van der Waals surface area contributed by atoms with Crippen LogP contribution in [0.2, 0.25) is 0 Å². The molecule has 0 saturated heterocycles. The van der Waals surface area contributed by atoms with Gasteiger partial charge in [0.05, 0.1) is 0 Å². The fraction of sp³-hybridized carbons (Fsp3) is 0.833. The Kier molecular flexibility index (Phi) is 10.4. The Bertz CT molecular complexity index is 277. The van der Waals surface area contributed by atoms with Crippen molar-refractivity contribution >= 4 is 23.7 Å². The third-order valence-electron chi connectivity index (χ3n) is 2.79. The van der Waals surface area contributed by atoms with Crippen LogP contribution in [0, 0.1) is 5.92 Å². The summed E-state index contributed by atoms with van der Waals surface area (Å²) >= 11 is 1.67. The maximum Gasteiger partial charge on any atom is 0.312 e. The summed E-state index contributed by atoms with van der Waals surface area (Å²) < 4.78 is 0. The Morgan fingerprint density at radius 3 is 2.58 bits per heavy atom. The summed E-state index contributed by atoms with van der Waals surface area (Å²) in [5, 5.41) is 13.9. The summed E-state index contributed by atoms with van der Waals surface area (Å²) in [6.07, 6.45) is 1.54. The zero-order chi connectivity index (χ0) is 14.7. The molecule has 0 spiro atoms. The summed E-state index contributed by atoms with van der Waals surface area (Å²) in [7, 11) is 0. The van der Waals surface area contributed by atoms with E-state index in [1.54, 1.807) is 11.8 Å². The molecule has 112 valence electrons. The summed E-state index contributed by atoms with van der Waals surface area (Å²) in [5.74, 6) is 1.50. The van der Waals surface area contributed by atoms with Gasteiger partial charge in [-0.3, -0.25) is 4.79 Å². The maximum absolute atomic E-state index is 11.9. The highest BCUT2D eigenvalue weighted by molar-refractivity contribution is 7.99. The van der Waals surface area contributed by atoms with Crippen molar-refractivity contribution in [3.8, 4) is 0 Å². The van der Waals surface area contributed by atoms with Crippen molar-refractivity contribution in [2.45, 2.75) is 32.7 Å². The first-order valence-electron chi connectivity index (χ1n) is 6.55.